The van der Waals surface area contributed by atoms with E-state index in [0.29, 0.717) is 19.3 Å². The van der Waals surface area contributed by atoms with Crippen molar-refractivity contribution in [3.05, 3.63) is 134 Å². The number of hydrogen-bond donors (Lipinski definition) is 3. The summed E-state index contributed by atoms with van der Waals surface area (Å²) in [5.74, 6) is -3.29. The van der Waals surface area contributed by atoms with Crippen LogP contribution in [-0.2, 0) is 42.9 Å². The van der Waals surface area contributed by atoms with E-state index in [9.17, 15) is 34.5 Å². The number of esters is 3. The van der Waals surface area contributed by atoms with E-state index in [2.05, 4.69) is 142 Å². The third-order valence-corrected chi connectivity index (χ3v) is 13.2. The summed E-state index contributed by atoms with van der Waals surface area (Å²) in [6, 6.07) is 0. The molecule has 0 bridgehead atoms. The lowest BCUT2D eigenvalue weighted by Gasteiger charge is -2.40. The third-order valence-electron chi connectivity index (χ3n) is 13.2. The zero-order valence-electron chi connectivity index (χ0n) is 50.2. The fourth-order valence-corrected chi connectivity index (χ4v) is 8.54. The highest BCUT2D eigenvalue weighted by Crippen LogP contribution is 2.26. The average molecular weight is 1130 g/mol. The second-order valence-corrected chi connectivity index (χ2v) is 20.6. The molecular weight excluding hydrogens is 1020 g/mol. The lowest BCUT2D eigenvalue weighted by atomic mass is 9.98. The quantitative estimate of drug-likeness (QED) is 0.0228. The number of aliphatic hydroxyl groups is 2. The topological polar surface area (TPSA) is 175 Å². The number of carboxylic acids is 1. The van der Waals surface area contributed by atoms with E-state index < -0.39 is 67.3 Å². The SMILES string of the molecule is CC/C=C\C/C=C\C/C=C\C/C=C\C/C=C\C/C=C\CCC(=O)OCC(COC1OC(C(=O)O)C(O)C(O)C1OC(=O)CCCCC/C=C\C/C=C\C/C=C\C/C=C\C/C=C\CC)OC(=O)CCCCCCCCCCCCCCC. The van der Waals surface area contributed by atoms with Crippen molar-refractivity contribution < 1.29 is 58.2 Å². The summed E-state index contributed by atoms with van der Waals surface area (Å²) in [5, 5.41) is 31.5. The summed E-state index contributed by atoms with van der Waals surface area (Å²) in [7, 11) is 0. The van der Waals surface area contributed by atoms with Crippen LogP contribution in [0.2, 0.25) is 0 Å². The second-order valence-electron chi connectivity index (χ2n) is 20.6. The molecule has 12 heteroatoms. The number of hydrogen-bond acceptors (Lipinski definition) is 11. The fourth-order valence-electron chi connectivity index (χ4n) is 8.54. The number of allylic oxidation sites excluding steroid dienone is 22. The molecule has 3 N–H and O–H groups in total. The van der Waals surface area contributed by atoms with Gasteiger partial charge in [0.15, 0.2) is 24.6 Å². The van der Waals surface area contributed by atoms with Gasteiger partial charge in [0.1, 0.15) is 18.8 Å². The molecule has 0 amide bonds. The Kier molecular flexibility index (Phi) is 50.5. The minimum atomic E-state index is -1.93. The maximum absolute atomic E-state index is 13.2. The summed E-state index contributed by atoms with van der Waals surface area (Å²) in [5.41, 5.74) is 0. The van der Waals surface area contributed by atoms with Crippen molar-refractivity contribution in [3.63, 3.8) is 0 Å². The Labute approximate surface area is 490 Å². The van der Waals surface area contributed by atoms with Crippen LogP contribution in [0.1, 0.15) is 226 Å². The third kappa shape index (κ3) is 45.1. The summed E-state index contributed by atoms with van der Waals surface area (Å²) in [6.45, 7) is 5.68. The van der Waals surface area contributed by atoms with Gasteiger partial charge in [0.2, 0.25) is 0 Å². The van der Waals surface area contributed by atoms with Crippen LogP contribution in [0, 0.1) is 0 Å². The number of carbonyl (C=O) groups is 4. The maximum atomic E-state index is 13.2. The molecule has 0 aromatic rings. The number of aliphatic hydroxyl groups excluding tert-OH is 2. The van der Waals surface area contributed by atoms with Crippen molar-refractivity contribution in [2.24, 2.45) is 0 Å². The molecule has 0 aromatic heterocycles. The monoisotopic (exact) mass is 1130 g/mol. The Morgan fingerprint density at radius 3 is 1.23 bits per heavy atom. The predicted octanol–water partition coefficient (Wildman–Crippen LogP) is 16.6. The van der Waals surface area contributed by atoms with E-state index in [1.807, 2.05) is 12.2 Å². The number of carboxylic acid groups (broad SMARTS) is 1. The molecule has 6 unspecified atom stereocenters. The van der Waals surface area contributed by atoms with Gasteiger partial charge >= 0.3 is 23.9 Å². The first-order valence-electron chi connectivity index (χ1n) is 31.2. The maximum Gasteiger partial charge on any atom is 0.335 e. The first kappa shape index (κ1) is 73.9. The predicted molar refractivity (Wildman–Crippen MR) is 330 cm³/mol. The summed E-state index contributed by atoms with van der Waals surface area (Å²) in [4.78, 5) is 51.2. The van der Waals surface area contributed by atoms with E-state index >= 15 is 0 Å². The number of aliphatic carboxylic acids is 1. The smallest absolute Gasteiger partial charge is 0.335 e. The van der Waals surface area contributed by atoms with Crippen LogP contribution in [0.3, 0.4) is 0 Å². The van der Waals surface area contributed by atoms with Gasteiger partial charge in [-0.3, -0.25) is 14.4 Å². The van der Waals surface area contributed by atoms with Gasteiger partial charge in [-0.25, -0.2) is 4.79 Å². The summed E-state index contributed by atoms with van der Waals surface area (Å²) in [6.07, 6.45) is 65.7. The minimum absolute atomic E-state index is 0.00795. The molecule has 12 nitrogen and oxygen atoms in total. The molecule has 456 valence electrons. The number of ether oxygens (including phenoxy) is 5. The molecule has 1 aliphatic rings. The molecule has 6 atom stereocenters. The normalized spacial score (nSPS) is 18.7. The van der Waals surface area contributed by atoms with Gasteiger partial charge in [0.25, 0.3) is 0 Å². The zero-order valence-corrected chi connectivity index (χ0v) is 50.2. The van der Waals surface area contributed by atoms with Gasteiger partial charge < -0.3 is 39.0 Å². The van der Waals surface area contributed by atoms with Crippen molar-refractivity contribution in [2.75, 3.05) is 13.2 Å². The number of carbonyl (C=O) groups excluding carboxylic acids is 3. The molecule has 0 aliphatic carbocycles. The molecule has 1 heterocycles. The van der Waals surface area contributed by atoms with Gasteiger partial charge in [-0.2, -0.15) is 0 Å². The number of unbranched alkanes of at least 4 members (excludes halogenated alkanes) is 15. The Balaban J connectivity index is 2.74. The highest BCUT2D eigenvalue weighted by molar-refractivity contribution is 5.74. The van der Waals surface area contributed by atoms with Crippen LogP contribution >= 0.6 is 0 Å². The van der Waals surface area contributed by atoms with E-state index in [4.69, 9.17) is 23.7 Å². The first-order valence-corrected chi connectivity index (χ1v) is 31.2. The highest BCUT2D eigenvalue weighted by atomic mass is 16.7. The zero-order chi connectivity index (χ0) is 58.9. The second kappa shape index (κ2) is 55.4. The van der Waals surface area contributed by atoms with Crippen molar-refractivity contribution >= 4 is 23.9 Å². The Morgan fingerprint density at radius 2 is 0.802 bits per heavy atom. The van der Waals surface area contributed by atoms with Crippen molar-refractivity contribution in [3.8, 4) is 0 Å². The fraction of sp³-hybridized carbons (Fsp3) is 0.623. The van der Waals surface area contributed by atoms with Crippen molar-refractivity contribution in [1.82, 2.24) is 0 Å². The van der Waals surface area contributed by atoms with Crippen LogP contribution in [0.15, 0.2) is 134 Å². The molecule has 1 saturated heterocycles. The Bertz CT molecular complexity index is 1920. The molecule has 1 fully saturated rings. The minimum Gasteiger partial charge on any atom is -0.479 e. The van der Waals surface area contributed by atoms with Gasteiger partial charge in [-0.1, -0.05) is 238 Å². The summed E-state index contributed by atoms with van der Waals surface area (Å²) < 4.78 is 28.4. The van der Waals surface area contributed by atoms with Crippen molar-refractivity contribution in [2.45, 2.75) is 263 Å². The average Bonchev–Trinajstić information content (AvgIpc) is 3.45. The van der Waals surface area contributed by atoms with Crippen LogP contribution in [0.25, 0.3) is 0 Å². The van der Waals surface area contributed by atoms with Crippen LogP contribution in [0.5, 0.6) is 0 Å². The molecule has 0 radical (unpaired) electrons. The molecule has 0 aromatic carbocycles. The molecular formula is C69H108O12. The van der Waals surface area contributed by atoms with E-state index in [1.165, 1.54) is 57.8 Å². The highest BCUT2D eigenvalue weighted by Gasteiger charge is 2.50. The van der Waals surface area contributed by atoms with Crippen LogP contribution in [-0.4, -0.2) is 89.2 Å². The van der Waals surface area contributed by atoms with Gasteiger partial charge in [0, 0.05) is 19.3 Å². The van der Waals surface area contributed by atoms with Crippen molar-refractivity contribution in [1.29, 1.82) is 0 Å². The molecule has 0 saturated carbocycles. The molecule has 1 aliphatic heterocycles. The largest absolute Gasteiger partial charge is 0.479 e. The Hall–Kier alpha value is -5.14. The van der Waals surface area contributed by atoms with Crippen LogP contribution in [0.4, 0.5) is 0 Å². The van der Waals surface area contributed by atoms with Gasteiger partial charge in [-0.15, -0.1) is 0 Å². The van der Waals surface area contributed by atoms with E-state index in [1.54, 1.807) is 0 Å². The standard InChI is InChI=1S/C69H108O12/c1-4-7-10-13-16-19-22-25-27-29-31-33-35-38-40-43-46-49-52-55-61(70)77-58-60(79-62(71)56-53-50-47-44-41-37-24-21-18-15-12-9-6-3)59-78-69-67(65(74)64(73)66(81-69)68(75)76)80-63(72)57-54-51-48-45-42-39-36-34-32-30-28-26-23-20-17-14-11-8-5-2/h7-8,10-11,16-17,19-20,25-28,31-34,38-40,42,46,49,60,64-67,69,73-74H,4-6,9,12-15,18,21-24,29-30,35-37,41,43-45,47-48,50-59H2,1-3H3,(H,75,76)/b10-7-,11-8-,19-16-,20-17-,27-25-,28-26-,33-31-,34-32-,40-38-,42-39-,49-46-. The van der Waals surface area contributed by atoms with E-state index in [-0.39, 0.29) is 25.9 Å². The Morgan fingerprint density at radius 1 is 0.420 bits per heavy atom. The van der Waals surface area contributed by atoms with Gasteiger partial charge in [-0.05, 0) is 103 Å². The van der Waals surface area contributed by atoms with Gasteiger partial charge in [0.05, 0.1) is 6.61 Å². The van der Waals surface area contributed by atoms with E-state index in [0.717, 1.165) is 109 Å². The summed E-state index contributed by atoms with van der Waals surface area (Å²) >= 11 is 0. The molecule has 0 spiro atoms. The lowest BCUT2D eigenvalue weighted by molar-refractivity contribution is -0.301. The van der Waals surface area contributed by atoms with Crippen LogP contribution < -0.4 is 0 Å². The number of rotatable bonds is 51. The lowest BCUT2D eigenvalue weighted by Crippen LogP contribution is -2.61. The first-order chi connectivity index (χ1) is 39.6. The molecule has 1 rings (SSSR count). The molecule has 81 heavy (non-hydrogen) atoms.